The Balaban J connectivity index is 1.46. The fourth-order valence-electron chi connectivity index (χ4n) is 3.79. The van der Waals surface area contributed by atoms with Gasteiger partial charge in [-0.2, -0.15) is 8.42 Å². The standard InChI is InChI=1S/C22H18F2N6O3S2/c1-28(22-25-8-10-34-22)35(32,33)27-21(31)19-12-26-20-7-5-15(13-30(19)20)29-9-2-3-18(29)16-11-14(23)4-6-17(16)24/h3-8,10-13H,2,9H2,1H3,(H,27,31). The molecule has 0 atom stereocenters. The lowest BCUT2D eigenvalue weighted by Gasteiger charge is -2.23. The highest BCUT2D eigenvalue weighted by Crippen LogP contribution is 2.33. The molecule has 1 N–H and O–H groups in total. The fourth-order valence-corrected chi connectivity index (χ4v) is 5.45. The van der Waals surface area contributed by atoms with Gasteiger partial charge in [0.2, 0.25) is 0 Å². The Morgan fingerprint density at radius 3 is 2.80 bits per heavy atom. The van der Waals surface area contributed by atoms with Gasteiger partial charge in [-0.1, -0.05) is 6.08 Å². The molecule has 1 aliphatic rings. The van der Waals surface area contributed by atoms with Gasteiger partial charge < -0.3 is 4.90 Å². The molecule has 0 aliphatic carbocycles. The molecule has 5 rings (SSSR count). The van der Waals surface area contributed by atoms with Crippen molar-refractivity contribution in [3.8, 4) is 0 Å². The number of hydrogen-bond acceptors (Lipinski definition) is 7. The molecule has 1 amide bonds. The van der Waals surface area contributed by atoms with Gasteiger partial charge >= 0.3 is 10.2 Å². The van der Waals surface area contributed by atoms with E-state index in [0.29, 0.717) is 30.0 Å². The number of carbonyl (C=O) groups is 1. The third kappa shape index (κ3) is 4.23. The first-order chi connectivity index (χ1) is 16.7. The van der Waals surface area contributed by atoms with Crippen molar-refractivity contribution in [1.82, 2.24) is 19.1 Å². The van der Waals surface area contributed by atoms with Crippen LogP contribution in [0, 0.1) is 11.6 Å². The maximum absolute atomic E-state index is 14.4. The van der Waals surface area contributed by atoms with E-state index in [-0.39, 0.29) is 16.4 Å². The summed E-state index contributed by atoms with van der Waals surface area (Å²) in [5.41, 5.74) is 1.62. The number of benzene rings is 1. The van der Waals surface area contributed by atoms with E-state index in [0.717, 1.165) is 33.8 Å². The van der Waals surface area contributed by atoms with Gasteiger partial charge in [0.15, 0.2) is 5.13 Å². The zero-order chi connectivity index (χ0) is 24.7. The van der Waals surface area contributed by atoms with E-state index < -0.39 is 27.8 Å². The average Bonchev–Trinajstić information content (AvgIpc) is 3.59. The van der Waals surface area contributed by atoms with E-state index in [9.17, 15) is 22.0 Å². The number of amides is 1. The zero-order valence-corrected chi connectivity index (χ0v) is 19.9. The molecule has 35 heavy (non-hydrogen) atoms. The Kier molecular flexibility index (Phi) is 5.73. The molecule has 180 valence electrons. The molecule has 0 spiro atoms. The van der Waals surface area contributed by atoms with Crippen molar-refractivity contribution < 1.29 is 22.0 Å². The van der Waals surface area contributed by atoms with Crippen LogP contribution in [-0.2, 0) is 10.2 Å². The second-order valence-corrected chi connectivity index (χ2v) is 10.2. The lowest BCUT2D eigenvalue weighted by Crippen LogP contribution is -2.41. The first kappa shape index (κ1) is 22.9. The number of thiazole rings is 1. The number of anilines is 2. The average molecular weight is 517 g/mol. The largest absolute Gasteiger partial charge is 0.340 e. The highest BCUT2D eigenvalue weighted by Gasteiger charge is 2.26. The summed E-state index contributed by atoms with van der Waals surface area (Å²) >= 11 is 1.11. The number of aromatic nitrogens is 3. The molecule has 0 bridgehead atoms. The molecule has 9 nitrogen and oxygen atoms in total. The van der Waals surface area contributed by atoms with Crippen molar-refractivity contribution in [3.63, 3.8) is 0 Å². The third-order valence-corrected chi connectivity index (χ3v) is 7.79. The maximum atomic E-state index is 14.4. The summed E-state index contributed by atoms with van der Waals surface area (Å²) in [5.74, 6) is -1.99. The normalized spacial score (nSPS) is 13.8. The van der Waals surface area contributed by atoms with Crippen LogP contribution in [0.25, 0.3) is 11.3 Å². The fraction of sp³-hybridized carbons (Fsp3) is 0.136. The quantitative estimate of drug-likeness (QED) is 0.422. The van der Waals surface area contributed by atoms with Crippen molar-refractivity contribution in [3.05, 3.63) is 83.3 Å². The van der Waals surface area contributed by atoms with Crippen LogP contribution in [0.1, 0.15) is 22.5 Å². The molecule has 13 heteroatoms. The second kappa shape index (κ2) is 8.74. The van der Waals surface area contributed by atoms with Crippen molar-refractivity contribution in [1.29, 1.82) is 0 Å². The minimum Gasteiger partial charge on any atom is -0.340 e. The van der Waals surface area contributed by atoms with Crippen LogP contribution in [0.4, 0.5) is 19.6 Å². The van der Waals surface area contributed by atoms with E-state index >= 15 is 0 Å². The van der Waals surface area contributed by atoms with E-state index in [1.807, 2.05) is 10.8 Å². The van der Waals surface area contributed by atoms with Crippen molar-refractivity contribution >= 4 is 49.6 Å². The number of pyridine rings is 1. The lowest BCUT2D eigenvalue weighted by molar-refractivity contribution is 0.0975. The Labute approximate surface area is 203 Å². The summed E-state index contributed by atoms with van der Waals surface area (Å²) in [5, 5.41) is 1.81. The lowest BCUT2D eigenvalue weighted by atomic mass is 10.1. The minimum absolute atomic E-state index is 0.0142. The molecule has 0 saturated carbocycles. The van der Waals surface area contributed by atoms with Crippen LogP contribution in [0.5, 0.6) is 0 Å². The highest BCUT2D eigenvalue weighted by molar-refractivity contribution is 7.91. The molecule has 1 aliphatic heterocycles. The summed E-state index contributed by atoms with van der Waals surface area (Å²) in [6.45, 7) is 0.514. The molecule has 0 saturated heterocycles. The smallest absolute Gasteiger partial charge is 0.328 e. The monoisotopic (exact) mass is 516 g/mol. The first-order valence-electron chi connectivity index (χ1n) is 10.4. The number of fused-ring (bicyclic) bond motifs is 1. The van der Waals surface area contributed by atoms with Gasteiger partial charge in [0.1, 0.15) is 23.0 Å². The third-order valence-electron chi connectivity index (χ3n) is 5.49. The molecular weight excluding hydrogens is 498 g/mol. The summed E-state index contributed by atoms with van der Waals surface area (Å²) in [6, 6.07) is 6.67. The van der Waals surface area contributed by atoms with E-state index in [4.69, 9.17) is 0 Å². The summed E-state index contributed by atoms with van der Waals surface area (Å²) in [7, 11) is -2.93. The van der Waals surface area contributed by atoms with Gasteiger partial charge in [-0.3, -0.25) is 9.20 Å². The topological polar surface area (TPSA) is 99.9 Å². The SMILES string of the molecule is CN(c1nccs1)S(=O)(=O)NC(=O)c1cnc2ccc(N3CCC=C3c3cc(F)ccc3F)cn12. The molecule has 3 aromatic heterocycles. The van der Waals surface area contributed by atoms with Crippen LogP contribution in [0.15, 0.2) is 60.4 Å². The predicted octanol–water partition coefficient (Wildman–Crippen LogP) is 3.43. The van der Waals surface area contributed by atoms with Crippen LogP contribution in [0.3, 0.4) is 0 Å². The van der Waals surface area contributed by atoms with Crippen molar-refractivity contribution in [2.45, 2.75) is 6.42 Å². The molecule has 4 heterocycles. The second-order valence-electron chi connectivity index (χ2n) is 7.63. The van der Waals surface area contributed by atoms with E-state index in [1.165, 1.54) is 23.8 Å². The molecule has 4 aromatic rings. The number of halogens is 2. The molecule has 0 radical (unpaired) electrons. The molecule has 0 fully saturated rings. The Morgan fingerprint density at radius 2 is 2.03 bits per heavy atom. The number of hydrogen-bond donors (Lipinski definition) is 1. The van der Waals surface area contributed by atoms with Crippen LogP contribution in [0.2, 0.25) is 0 Å². The number of rotatable bonds is 6. The number of imidazole rings is 1. The maximum Gasteiger partial charge on any atom is 0.328 e. The van der Waals surface area contributed by atoms with Gasteiger partial charge in [-0.05, 0) is 36.8 Å². The van der Waals surface area contributed by atoms with Gasteiger partial charge in [-0.15, -0.1) is 11.3 Å². The summed E-state index contributed by atoms with van der Waals surface area (Å²) in [4.78, 5) is 22.8. The van der Waals surface area contributed by atoms with E-state index in [1.54, 1.807) is 28.6 Å². The molecule has 1 aromatic carbocycles. The van der Waals surface area contributed by atoms with Gasteiger partial charge in [0.25, 0.3) is 5.91 Å². The predicted molar refractivity (Wildman–Crippen MR) is 128 cm³/mol. The zero-order valence-electron chi connectivity index (χ0n) is 18.2. The van der Waals surface area contributed by atoms with Crippen LogP contribution in [-0.4, -0.2) is 42.3 Å². The van der Waals surface area contributed by atoms with Crippen molar-refractivity contribution in [2.75, 3.05) is 22.8 Å². The van der Waals surface area contributed by atoms with Crippen LogP contribution >= 0.6 is 11.3 Å². The number of nitrogens with zero attached hydrogens (tertiary/aromatic N) is 5. The first-order valence-corrected chi connectivity index (χ1v) is 12.7. The van der Waals surface area contributed by atoms with Crippen LogP contribution < -0.4 is 13.9 Å². The number of nitrogens with one attached hydrogen (secondary N) is 1. The molecular formula is C22H18F2N6O3S2. The summed E-state index contributed by atoms with van der Waals surface area (Å²) in [6.07, 6.45) is 6.74. The Morgan fingerprint density at radius 1 is 1.20 bits per heavy atom. The van der Waals surface area contributed by atoms with Gasteiger partial charge in [-0.25, -0.2) is 27.8 Å². The van der Waals surface area contributed by atoms with Gasteiger partial charge in [0, 0.05) is 42.6 Å². The molecule has 0 unspecified atom stereocenters. The Hall–Kier alpha value is -3.84. The Bertz CT molecular complexity index is 1570. The summed E-state index contributed by atoms with van der Waals surface area (Å²) < 4.78 is 57.9. The number of carbonyl (C=O) groups excluding carboxylic acids is 1. The van der Waals surface area contributed by atoms with E-state index in [2.05, 4.69) is 9.97 Å². The highest BCUT2D eigenvalue weighted by atomic mass is 32.2. The van der Waals surface area contributed by atoms with Gasteiger partial charge in [0.05, 0.1) is 11.9 Å². The van der Waals surface area contributed by atoms with Crippen molar-refractivity contribution in [2.24, 2.45) is 0 Å². The minimum atomic E-state index is -4.21.